The van der Waals surface area contributed by atoms with Gasteiger partial charge in [-0.15, -0.1) is 0 Å². The van der Waals surface area contributed by atoms with Crippen molar-refractivity contribution in [1.82, 2.24) is 4.90 Å². The number of nitrogens with zero attached hydrogens (tertiary/aromatic N) is 1. The molecule has 1 aromatic rings. The van der Waals surface area contributed by atoms with Gasteiger partial charge in [0.25, 0.3) is 0 Å². The van der Waals surface area contributed by atoms with Crippen LogP contribution in [-0.2, 0) is 11.2 Å². The van der Waals surface area contributed by atoms with Gasteiger partial charge in [0.1, 0.15) is 0 Å². The molecule has 1 aliphatic rings. The van der Waals surface area contributed by atoms with Gasteiger partial charge in [-0.3, -0.25) is 4.79 Å². The third-order valence-electron chi connectivity index (χ3n) is 5.07. The van der Waals surface area contributed by atoms with E-state index in [1.54, 1.807) is 0 Å². The van der Waals surface area contributed by atoms with Gasteiger partial charge in [-0.1, -0.05) is 50.6 Å². The molecule has 1 aliphatic heterocycles. The molecule has 0 bridgehead atoms. The molecule has 1 heterocycles. The van der Waals surface area contributed by atoms with Crippen LogP contribution < -0.4 is 0 Å². The van der Waals surface area contributed by atoms with Crippen LogP contribution in [0.4, 0.5) is 0 Å². The van der Waals surface area contributed by atoms with Crippen LogP contribution in [-0.4, -0.2) is 35.1 Å². The number of hydrogen-bond acceptors (Lipinski definition) is 2. The minimum atomic E-state index is 0.0491. The average Bonchev–Trinajstić information content (AvgIpc) is 3.03. The Kier molecular flexibility index (Phi) is 7.10. The first kappa shape index (κ1) is 18.0. The van der Waals surface area contributed by atoms with E-state index in [0.717, 1.165) is 45.1 Å². The fourth-order valence-electron chi connectivity index (χ4n) is 3.61. The number of aliphatic hydroxyl groups excluding tert-OH is 1. The summed E-state index contributed by atoms with van der Waals surface area (Å²) in [7, 11) is 0. The van der Waals surface area contributed by atoms with E-state index < -0.39 is 0 Å². The minimum absolute atomic E-state index is 0.0491. The summed E-state index contributed by atoms with van der Waals surface area (Å²) < 4.78 is 0. The summed E-state index contributed by atoms with van der Waals surface area (Å²) in [6.45, 7) is 5.20. The van der Waals surface area contributed by atoms with Crippen molar-refractivity contribution in [3.8, 4) is 0 Å². The Hall–Kier alpha value is -1.35. The number of carbonyl (C=O) groups excluding carboxylic acids is 1. The number of aliphatic hydroxyl groups is 1. The molecular formula is C20H31NO2. The molecular weight excluding hydrogens is 286 g/mol. The van der Waals surface area contributed by atoms with E-state index in [0.29, 0.717) is 5.92 Å². The van der Waals surface area contributed by atoms with Crippen LogP contribution in [0.2, 0.25) is 0 Å². The van der Waals surface area contributed by atoms with Crippen molar-refractivity contribution in [2.24, 2.45) is 11.8 Å². The van der Waals surface area contributed by atoms with Crippen LogP contribution in [0.5, 0.6) is 0 Å². The second kappa shape index (κ2) is 9.07. The average molecular weight is 317 g/mol. The Morgan fingerprint density at radius 1 is 1.26 bits per heavy atom. The highest BCUT2D eigenvalue weighted by atomic mass is 16.3. The van der Waals surface area contributed by atoms with Crippen molar-refractivity contribution < 1.29 is 9.90 Å². The first-order valence-corrected chi connectivity index (χ1v) is 9.08. The Morgan fingerprint density at radius 3 is 2.65 bits per heavy atom. The molecule has 0 radical (unpaired) electrons. The first-order chi connectivity index (χ1) is 11.1. The molecule has 1 saturated heterocycles. The third-order valence-corrected chi connectivity index (χ3v) is 5.07. The predicted molar refractivity (Wildman–Crippen MR) is 94.1 cm³/mol. The Balaban J connectivity index is 1.82. The van der Waals surface area contributed by atoms with E-state index in [1.807, 2.05) is 11.0 Å². The smallest absolute Gasteiger partial charge is 0.226 e. The Bertz CT molecular complexity index is 472. The number of carbonyl (C=O) groups is 1. The molecule has 1 N–H and O–H groups in total. The molecule has 2 atom stereocenters. The number of amides is 1. The lowest BCUT2D eigenvalue weighted by atomic mass is 9.88. The van der Waals surface area contributed by atoms with Crippen LogP contribution in [0.1, 0.15) is 51.5 Å². The van der Waals surface area contributed by atoms with Gasteiger partial charge >= 0.3 is 0 Å². The molecule has 0 aliphatic carbocycles. The maximum Gasteiger partial charge on any atom is 0.226 e. The van der Waals surface area contributed by atoms with E-state index in [9.17, 15) is 9.90 Å². The molecule has 0 saturated carbocycles. The molecule has 1 aromatic carbocycles. The SMILES string of the molecule is CC(C)C(CCCCc1ccccc1)C(=O)N1CCC[C@H]1CO. The van der Waals surface area contributed by atoms with Crippen LogP contribution in [0.3, 0.4) is 0 Å². The Labute approximate surface area is 140 Å². The van der Waals surface area contributed by atoms with Gasteiger partial charge in [0, 0.05) is 12.5 Å². The normalized spacial score (nSPS) is 19.3. The van der Waals surface area contributed by atoms with Crippen LogP contribution in [0.25, 0.3) is 0 Å². The van der Waals surface area contributed by atoms with Crippen molar-refractivity contribution >= 4 is 5.91 Å². The zero-order valence-electron chi connectivity index (χ0n) is 14.6. The lowest BCUT2D eigenvalue weighted by molar-refractivity contribution is -0.138. The highest BCUT2D eigenvalue weighted by Gasteiger charge is 2.33. The first-order valence-electron chi connectivity index (χ1n) is 9.08. The number of likely N-dealkylation sites (tertiary alicyclic amines) is 1. The van der Waals surface area contributed by atoms with E-state index in [-0.39, 0.29) is 24.5 Å². The summed E-state index contributed by atoms with van der Waals surface area (Å²) in [6, 6.07) is 10.6. The topological polar surface area (TPSA) is 40.5 Å². The van der Waals surface area contributed by atoms with Gasteiger partial charge in [-0.25, -0.2) is 0 Å². The number of rotatable bonds is 8. The summed E-state index contributed by atoms with van der Waals surface area (Å²) in [4.78, 5) is 14.8. The largest absolute Gasteiger partial charge is 0.394 e. The van der Waals surface area contributed by atoms with Crippen LogP contribution in [0.15, 0.2) is 30.3 Å². The molecule has 1 unspecified atom stereocenters. The summed E-state index contributed by atoms with van der Waals surface area (Å²) in [6.07, 6.45) is 6.22. The standard InChI is InChI=1S/C20H31NO2/c1-16(2)19(20(23)21-14-8-12-18(21)15-22)13-7-6-11-17-9-4-3-5-10-17/h3-5,9-10,16,18-19,22H,6-8,11-15H2,1-2H3/t18-,19?/m0/s1. The quantitative estimate of drug-likeness (QED) is 0.743. The highest BCUT2D eigenvalue weighted by Crippen LogP contribution is 2.26. The van der Waals surface area contributed by atoms with Gasteiger partial charge in [-0.05, 0) is 43.6 Å². The molecule has 3 nitrogen and oxygen atoms in total. The zero-order chi connectivity index (χ0) is 16.7. The van der Waals surface area contributed by atoms with Crippen LogP contribution in [0, 0.1) is 11.8 Å². The second-order valence-corrected chi connectivity index (χ2v) is 7.09. The molecule has 0 aromatic heterocycles. The van der Waals surface area contributed by atoms with E-state index in [4.69, 9.17) is 0 Å². The van der Waals surface area contributed by atoms with E-state index >= 15 is 0 Å². The van der Waals surface area contributed by atoms with Crippen molar-refractivity contribution in [3.05, 3.63) is 35.9 Å². The number of benzene rings is 1. The maximum atomic E-state index is 12.8. The van der Waals surface area contributed by atoms with E-state index in [2.05, 4.69) is 38.1 Å². The van der Waals surface area contributed by atoms with Gasteiger partial charge in [0.2, 0.25) is 5.91 Å². The second-order valence-electron chi connectivity index (χ2n) is 7.09. The zero-order valence-corrected chi connectivity index (χ0v) is 14.6. The highest BCUT2D eigenvalue weighted by molar-refractivity contribution is 5.79. The summed E-state index contributed by atoms with van der Waals surface area (Å²) >= 11 is 0. The molecule has 1 amide bonds. The van der Waals surface area contributed by atoms with Gasteiger partial charge in [0.05, 0.1) is 12.6 Å². The number of unbranched alkanes of at least 4 members (excludes halogenated alkanes) is 1. The lowest BCUT2D eigenvalue weighted by Crippen LogP contribution is -2.42. The maximum absolute atomic E-state index is 12.8. The number of hydrogen-bond donors (Lipinski definition) is 1. The van der Waals surface area contributed by atoms with Crippen LogP contribution >= 0.6 is 0 Å². The molecule has 3 heteroatoms. The van der Waals surface area contributed by atoms with Crippen molar-refractivity contribution in [2.75, 3.05) is 13.2 Å². The van der Waals surface area contributed by atoms with Gasteiger partial charge in [-0.2, -0.15) is 0 Å². The Morgan fingerprint density at radius 2 is 2.00 bits per heavy atom. The molecule has 0 spiro atoms. The molecule has 23 heavy (non-hydrogen) atoms. The fourth-order valence-corrected chi connectivity index (χ4v) is 3.61. The summed E-state index contributed by atoms with van der Waals surface area (Å²) in [5, 5.41) is 9.45. The number of aryl methyl sites for hydroxylation is 1. The molecule has 1 fully saturated rings. The summed E-state index contributed by atoms with van der Waals surface area (Å²) in [5.74, 6) is 0.716. The predicted octanol–water partition coefficient (Wildman–Crippen LogP) is 3.65. The minimum Gasteiger partial charge on any atom is -0.394 e. The molecule has 2 rings (SSSR count). The van der Waals surface area contributed by atoms with E-state index in [1.165, 1.54) is 5.56 Å². The van der Waals surface area contributed by atoms with Gasteiger partial charge < -0.3 is 10.0 Å². The monoisotopic (exact) mass is 317 g/mol. The third kappa shape index (κ3) is 5.07. The van der Waals surface area contributed by atoms with Crippen molar-refractivity contribution in [1.29, 1.82) is 0 Å². The van der Waals surface area contributed by atoms with Gasteiger partial charge in [0.15, 0.2) is 0 Å². The lowest BCUT2D eigenvalue weighted by Gasteiger charge is -2.30. The summed E-state index contributed by atoms with van der Waals surface area (Å²) in [5.41, 5.74) is 1.37. The van der Waals surface area contributed by atoms with Crippen molar-refractivity contribution in [2.45, 2.75) is 58.4 Å². The molecule has 128 valence electrons. The fraction of sp³-hybridized carbons (Fsp3) is 0.650. The van der Waals surface area contributed by atoms with Crippen molar-refractivity contribution in [3.63, 3.8) is 0 Å².